The Morgan fingerprint density at radius 3 is 2.96 bits per heavy atom. The molecule has 3 rings (SSSR count). The van der Waals surface area contributed by atoms with Crippen LogP contribution < -0.4 is 10.1 Å². The van der Waals surface area contributed by atoms with E-state index in [0.717, 1.165) is 59.5 Å². The first-order valence-corrected chi connectivity index (χ1v) is 9.90. The number of rotatable bonds is 8. The molecule has 1 saturated heterocycles. The molecule has 130 valence electrons. The van der Waals surface area contributed by atoms with E-state index in [1.807, 2.05) is 31.2 Å². The Hall–Kier alpha value is -1.35. The molecule has 0 spiro atoms. The van der Waals surface area contributed by atoms with Crippen LogP contribution in [0.2, 0.25) is 0 Å². The second-order valence-corrected chi connectivity index (χ2v) is 7.55. The third kappa shape index (κ3) is 5.07. The second-order valence-electron chi connectivity index (χ2n) is 5.23. The zero-order valence-electron chi connectivity index (χ0n) is 13.7. The summed E-state index contributed by atoms with van der Waals surface area (Å²) in [5.41, 5.74) is 0.917. The molecule has 1 aromatic heterocycles. The summed E-state index contributed by atoms with van der Waals surface area (Å²) < 4.78 is 12.0. The lowest BCUT2D eigenvalue weighted by molar-refractivity contribution is 0.0410. The van der Waals surface area contributed by atoms with Crippen molar-refractivity contribution >= 4 is 33.9 Å². The Morgan fingerprint density at radius 2 is 2.12 bits per heavy atom. The predicted octanol–water partition coefficient (Wildman–Crippen LogP) is 3.10. The van der Waals surface area contributed by atoms with E-state index >= 15 is 0 Å². The van der Waals surface area contributed by atoms with E-state index in [9.17, 15) is 0 Å². The maximum absolute atomic E-state index is 5.62. The summed E-state index contributed by atoms with van der Waals surface area (Å²) >= 11 is 3.32. The van der Waals surface area contributed by atoms with Gasteiger partial charge in [-0.15, -0.1) is 10.2 Å². The standard InChI is InChI=1S/C16H22N4O2S2/c1-2-22-14-6-4-3-5-13(14)17-15-18-19-16(24-15)23-12-9-20-7-10-21-11-8-20/h3-6H,2,7-12H2,1H3,(H,17,18). The summed E-state index contributed by atoms with van der Waals surface area (Å²) in [6.07, 6.45) is 0. The summed E-state index contributed by atoms with van der Waals surface area (Å²) in [7, 11) is 0. The van der Waals surface area contributed by atoms with Gasteiger partial charge < -0.3 is 14.8 Å². The lowest BCUT2D eigenvalue weighted by Crippen LogP contribution is -2.37. The highest BCUT2D eigenvalue weighted by Crippen LogP contribution is 2.31. The van der Waals surface area contributed by atoms with Gasteiger partial charge in [0.2, 0.25) is 5.13 Å². The summed E-state index contributed by atoms with van der Waals surface area (Å²) in [4.78, 5) is 2.43. The fourth-order valence-corrected chi connectivity index (χ4v) is 4.21. The highest BCUT2D eigenvalue weighted by molar-refractivity contribution is 8.01. The molecule has 24 heavy (non-hydrogen) atoms. The number of aromatic nitrogens is 2. The maximum Gasteiger partial charge on any atom is 0.210 e. The van der Waals surface area contributed by atoms with Crippen LogP contribution >= 0.6 is 23.1 Å². The number of nitrogens with one attached hydrogen (secondary N) is 1. The van der Waals surface area contributed by atoms with Crippen LogP contribution in [0, 0.1) is 0 Å². The molecule has 0 bridgehead atoms. The molecule has 1 aliphatic heterocycles. The lowest BCUT2D eigenvalue weighted by Gasteiger charge is -2.25. The van der Waals surface area contributed by atoms with Gasteiger partial charge in [0.05, 0.1) is 25.5 Å². The summed E-state index contributed by atoms with van der Waals surface area (Å²) in [6.45, 7) is 7.41. The van der Waals surface area contributed by atoms with Crippen molar-refractivity contribution in [2.45, 2.75) is 11.3 Å². The van der Waals surface area contributed by atoms with Crippen LogP contribution in [0.1, 0.15) is 6.92 Å². The molecule has 1 fully saturated rings. The largest absolute Gasteiger partial charge is 0.492 e. The van der Waals surface area contributed by atoms with Crippen molar-refractivity contribution in [3.8, 4) is 5.75 Å². The zero-order chi connectivity index (χ0) is 16.6. The molecule has 1 aromatic carbocycles. The number of ether oxygens (including phenoxy) is 2. The van der Waals surface area contributed by atoms with E-state index in [2.05, 4.69) is 20.4 Å². The van der Waals surface area contributed by atoms with Gasteiger partial charge >= 0.3 is 0 Å². The average Bonchev–Trinajstić information content (AvgIpc) is 3.05. The Balaban J connectivity index is 1.50. The van der Waals surface area contributed by atoms with Crippen molar-refractivity contribution < 1.29 is 9.47 Å². The minimum Gasteiger partial charge on any atom is -0.492 e. The normalized spacial score (nSPS) is 15.4. The fraction of sp³-hybridized carbons (Fsp3) is 0.500. The van der Waals surface area contributed by atoms with Gasteiger partial charge in [-0.05, 0) is 19.1 Å². The molecule has 0 saturated carbocycles. The van der Waals surface area contributed by atoms with Gasteiger partial charge in [-0.2, -0.15) is 0 Å². The minimum absolute atomic E-state index is 0.636. The molecule has 2 heterocycles. The lowest BCUT2D eigenvalue weighted by atomic mass is 10.3. The number of nitrogens with zero attached hydrogens (tertiary/aromatic N) is 3. The van der Waals surface area contributed by atoms with Crippen molar-refractivity contribution in [2.24, 2.45) is 0 Å². The molecule has 0 unspecified atom stereocenters. The van der Waals surface area contributed by atoms with Crippen molar-refractivity contribution in [1.82, 2.24) is 15.1 Å². The monoisotopic (exact) mass is 366 g/mol. The maximum atomic E-state index is 5.62. The number of thioether (sulfide) groups is 1. The van der Waals surface area contributed by atoms with Crippen molar-refractivity contribution in [1.29, 1.82) is 0 Å². The van der Waals surface area contributed by atoms with Crippen LogP contribution in [0.3, 0.4) is 0 Å². The summed E-state index contributed by atoms with van der Waals surface area (Å²) in [5, 5.41) is 12.6. The predicted molar refractivity (Wildman–Crippen MR) is 98.8 cm³/mol. The summed E-state index contributed by atoms with van der Waals surface area (Å²) in [5.74, 6) is 1.85. The minimum atomic E-state index is 0.636. The highest BCUT2D eigenvalue weighted by Gasteiger charge is 2.11. The topological polar surface area (TPSA) is 59.5 Å². The van der Waals surface area contributed by atoms with E-state index < -0.39 is 0 Å². The first-order valence-electron chi connectivity index (χ1n) is 8.10. The van der Waals surface area contributed by atoms with Crippen molar-refractivity contribution in [3.63, 3.8) is 0 Å². The molecule has 8 heteroatoms. The fourth-order valence-electron chi connectivity index (χ4n) is 2.37. The number of para-hydroxylation sites is 2. The van der Waals surface area contributed by atoms with Gasteiger partial charge in [0.1, 0.15) is 5.75 Å². The van der Waals surface area contributed by atoms with Gasteiger partial charge in [0, 0.05) is 25.4 Å². The van der Waals surface area contributed by atoms with Gasteiger partial charge in [-0.1, -0.05) is 35.2 Å². The molecule has 0 aliphatic carbocycles. The Kier molecular flexibility index (Phi) is 6.71. The first-order chi connectivity index (χ1) is 11.8. The molecule has 1 N–H and O–H groups in total. The van der Waals surface area contributed by atoms with E-state index in [4.69, 9.17) is 9.47 Å². The van der Waals surface area contributed by atoms with Gasteiger partial charge in [0.15, 0.2) is 4.34 Å². The first kappa shape index (κ1) is 17.5. The van der Waals surface area contributed by atoms with E-state index in [1.165, 1.54) is 0 Å². The number of morpholine rings is 1. The van der Waals surface area contributed by atoms with Gasteiger partial charge in [-0.3, -0.25) is 4.90 Å². The smallest absolute Gasteiger partial charge is 0.210 e. The average molecular weight is 367 g/mol. The number of anilines is 2. The molecule has 0 atom stereocenters. The summed E-state index contributed by atoms with van der Waals surface area (Å²) in [6, 6.07) is 7.87. The van der Waals surface area contributed by atoms with Gasteiger partial charge in [-0.25, -0.2) is 0 Å². The van der Waals surface area contributed by atoms with Crippen LogP contribution in [-0.4, -0.2) is 60.3 Å². The molecule has 2 aromatic rings. The van der Waals surface area contributed by atoms with Crippen LogP contribution in [0.4, 0.5) is 10.8 Å². The van der Waals surface area contributed by atoms with Gasteiger partial charge in [0.25, 0.3) is 0 Å². The third-order valence-corrected chi connectivity index (χ3v) is 5.52. The number of benzene rings is 1. The molecule has 0 amide bonds. The van der Waals surface area contributed by atoms with E-state index in [0.29, 0.717) is 6.61 Å². The molecular formula is C16H22N4O2S2. The van der Waals surface area contributed by atoms with Crippen LogP contribution in [-0.2, 0) is 4.74 Å². The molecule has 1 aliphatic rings. The van der Waals surface area contributed by atoms with E-state index in [1.54, 1.807) is 23.1 Å². The highest BCUT2D eigenvalue weighted by atomic mass is 32.2. The van der Waals surface area contributed by atoms with Crippen LogP contribution in [0.15, 0.2) is 28.6 Å². The second kappa shape index (κ2) is 9.22. The Morgan fingerprint density at radius 1 is 1.29 bits per heavy atom. The van der Waals surface area contributed by atoms with Crippen molar-refractivity contribution in [3.05, 3.63) is 24.3 Å². The molecule has 0 radical (unpaired) electrons. The Bertz CT molecular complexity index is 632. The zero-order valence-corrected chi connectivity index (χ0v) is 15.4. The van der Waals surface area contributed by atoms with Crippen LogP contribution in [0.25, 0.3) is 0 Å². The Labute approximate surface area is 150 Å². The quantitative estimate of drug-likeness (QED) is 0.720. The SMILES string of the molecule is CCOc1ccccc1Nc1nnc(SCCN2CCOCC2)s1. The number of hydrogen-bond acceptors (Lipinski definition) is 8. The van der Waals surface area contributed by atoms with Crippen LogP contribution in [0.5, 0.6) is 5.75 Å². The molecular weight excluding hydrogens is 344 g/mol. The van der Waals surface area contributed by atoms with E-state index in [-0.39, 0.29) is 0 Å². The van der Waals surface area contributed by atoms with Crippen molar-refractivity contribution in [2.75, 3.05) is 50.5 Å². The third-order valence-electron chi connectivity index (χ3n) is 3.57. The molecule has 6 nitrogen and oxygen atoms in total. The number of hydrogen-bond donors (Lipinski definition) is 1.